The van der Waals surface area contributed by atoms with E-state index in [4.69, 9.17) is 0 Å². The maximum Gasteiger partial charge on any atom is 0.253 e. The first-order chi connectivity index (χ1) is 13.4. The van der Waals surface area contributed by atoms with Crippen molar-refractivity contribution < 1.29 is 9.59 Å². The molecule has 1 spiro atoms. The third kappa shape index (κ3) is 3.34. The lowest BCUT2D eigenvalue weighted by Gasteiger charge is -2.43. The minimum absolute atomic E-state index is 0.115. The second-order valence-electron chi connectivity index (χ2n) is 9.11. The molecule has 5 nitrogen and oxygen atoms in total. The van der Waals surface area contributed by atoms with Gasteiger partial charge in [0.1, 0.15) is 0 Å². The second kappa shape index (κ2) is 7.51. The van der Waals surface area contributed by atoms with Crippen molar-refractivity contribution in [2.45, 2.75) is 58.0 Å². The highest BCUT2D eigenvalue weighted by Gasteiger charge is 2.57. The highest BCUT2D eigenvalue weighted by molar-refractivity contribution is 5.94. The van der Waals surface area contributed by atoms with E-state index in [0.29, 0.717) is 12.0 Å². The number of aryl methyl sites for hydroxylation is 1. The van der Waals surface area contributed by atoms with Gasteiger partial charge in [0.05, 0.1) is 5.92 Å². The number of likely N-dealkylation sites (tertiary alicyclic amines) is 2. The van der Waals surface area contributed by atoms with Crippen LogP contribution in [0.25, 0.3) is 0 Å². The molecule has 3 heterocycles. The standard InChI is InChI=1S/C23H33N3O2/c1-4-6-17(3)26-14-19-20(15-26)23(24-21(19)27)9-11-25(12-10-23)22(28)18-8-5-7-16(2)13-18/h5,7-8,13,17,19-20H,4,6,9-12,14-15H2,1-3H3,(H,24,27)/t17?,19-,20+/m1/s1. The van der Waals surface area contributed by atoms with Crippen molar-refractivity contribution in [1.82, 2.24) is 15.1 Å². The maximum atomic E-state index is 12.9. The second-order valence-corrected chi connectivity index (χ2v) is 9.11. The minimum atomic E-state index is -0.119. The van der Waals surface area contributed by atoms with Crippen LogP contribution in [0.2, 0.25) is 0 Å². The lowest BCUT2D eigenvalue weighted by Crippen LogP contribution is -2.56. The Hall–Kier alpha value is -1.88. The maximum absolute atomic E-state index is 12.9. The van der Waals surface area contributed by atoms with Crippen LogP contribution in [0.3, 0.4) is 0 Å². The molecular formula is C23H33N3O2. The fraction of sp³-hybridized carbons (Fsp3) is 0.652. The zero-order valence-electron chi connectivity index (χ0n) is 17.4. The average molecular weight is 384 g/mol. The van der Waals surface area contributed by atoms with Crippen LogP contribution >= 0.6 is 0 Å². The predicted octanol–water partition coefficient (Wildman–Crippen LogP) is 2.84. The van der Waals surface area contributed by atoms with Gasteiger partial charge in [0, 0.05) is 49.2 Å². The molecule has 152 valence electrons. The SMILES string of the molecule is CCCC(C)N1C[C@H]2C(=O)NC3(CCN(C(=O)c4cccc(C)c4)CC3)[C@H]2C1. The molecule has 3 aliphatic rings. The van der Waals surface area contributed by atoms with Crippen molar-refractivity contribution in [1.29, 1.82) is 0 Å². The zero-order valence-corrected chi connectivity index (χ0v) is 17.4. The summed E-state index contributed by atoms with van der Waals surface area (Å²) in [5.74, 6) is 0.854. The number of amides is 2. The molecule has 1 aromatic rings. The Kier molecular flexibility index (Phi) is 5.21. The summed E-state index contributed by atoms with van der Waals surface area (Å²) >= 11 is 0. The molecule has 0 bridgehead atoms. The molecule has 28 heavy (non-hydrogen) atoms. The number of carbonyl (C=O) groups is 2. The first-order valence-electron chi connectivity index (χ1n) is 10.9. The molecule has 3 saturated heterocycles. The number of carbonyl (C=O) groups excluding carboxylic acids is 2. The van der Waals surface area contributed by atoms with Crippen LogP contribution in [0.1, 0.15) is 55.5 Å². The Labute approximate surface area is 168 Å². The van der Waals surface area contributed by atoms with Crippen LogP contribution in [0, 0.1) is 18.8 Å². The number of hydrogen-bond donors (Lipinski definition) is 1. The summed E-state index contributed by atoms with van der Waals surface area (Å²) < 4.78 is 0. The van der Waals surface area contributed by atoms with E-state index in [0.717, 1.165) is 50.1 Å². The number of piperidine rings is 1. The van der Waals surface area contributed by atoms with Crippen molar-refractivity contribution in [2.75, 3.05) is 26.2 Å². The van der Waals surface area contributed by atoms with E-state index in [1.807, 2.05) is 36.1 Å². The Bertz CT molecular complexity index is 754. The normalized spacial score (nSPS) is 27.7. The molecule has 1 N–H and O–H groups in total. The molecule has 3 atom stereocenters. The van der Waals surface area contributed by atoms with Crippen molar-refractivity contribution in [3.05, 3.63) is 35.4 Å². The Morgan fingerprint density at radius 2 is 2.04 bits per heavy atom. The van der Waals surface area contributed by atoms with Gasteiger partial charge in [0.15, 0.2) is 0 Å². The van der Waals surface area contributed by atoms with Crippen LogP contribution in [0.4, 0.5) is 0 Å². The van der Waals surface area contributed by atoms with E-state index in [2.05, 4.69) is 24.1 Å². The smallest absolute Gasteiger partial charge is 0.253 e. The van der Waals surface area contributed by atoms with E-state index in [1.54, 1.807) is 0 Å². The number of nitrogens with zero attached hydrogens (tertiary/aromatic N) is 2. The molecule has 0 aromatic heterocycles. The van der Waals surface area contributed by atoms with Crippen molar-refractivity contribution in [3.8, 4) is 0 Å². The Morgan fingerprint density at radius 3 is 2.71 bits per heavy atom. The summed E-state index contributed by atoms with van der Waals surface area (Å²) in [6, 6.07) is 8.37. The molecule has 3 fully saturated rings. The summed E-state index contributed by atoms with van der Waals surface area (Å²) in [5, 5.41) is 3.37. The molecule has 0 aliphatic carbocycles. The first-order valence-corrected chi connectivity index (χ1v) is 10.9. The third-order valence-electron chi connectivity index (χ3n) is 7.30. The van der Waals surface area contributed by atoms with Crippen molar-refractivity contribution in [3.63, 3.8) is 0 Å². The fourth-order valence-electron chi connectivity index (χ4n) is 5.62. The van der Waals surface area contributed by atoms with Crippen LogP contribution in [0.15, 0.2) is 24.3 Å². The van der Waals surface area contributed by atoms with Gasteiger partial charge in [0.2, 0.25) is 5.91 Å². The van der Waals surface area contributed by atoms with E-state index in [1.165, 1.54) is 12.8 Å². The highest BCUT2D eigenvalue weighted by Crippen LogP contribution is 2.44. The van der Waals surface area contributed by atoms with Crippen LogP contribution in [0.5, 0.6) is 0 Å². The lowest BCUT2D eigenvalue weighted by molar-refractivity contribution is -0.123. The van der Waals surface area contributed by atoms with Crippen LogP contribution in [-0.4, -0.2) is 59.4 Å². The largest absolute Gasteiger partial charge is 0.350 e. The lowest BCUT2D eigenvalue weighted by atomic mass is 9.75. The van der Waals surface area contributed by atoms with Gasteiger partial charge in [-0.25, -0.2) is 0 Å². The van der Waals surface area contributed by atoms with E-state index in [9.17, 15) is 9.59 Å². The Morgan fingerprint density at radius 1 is 1.29 bits per heavy atom. The van der Waals surface area contributed by atoms with Gasteiger partial charge in [-0.15, -0.1) is 0 Å². The topological polar surface area (TPSA) is 52.7 Å². The van der Waals surface area contributed by atoms with Crippen LogP contribution < -0.4 is 5.32 Å². The van der Waals surface area contributed by atoms with Crippen molar-refractivity contribution in [2.24, 2.45) is 11.8 Å². The number of hydrogen-bond acceptors (Lipinski definition) is 3. The van der Waals surface area contributed by atoms with Crippen molar-refractivity contribution >= 4 is 11.8 Å². The molecule has 0 saturated carbocycles. The summed E-state index contributed by atoms with van der Waals surface area (Å²) in [4.78, 5) is 30.1. The van der Waals surface area contributed by atoms with Gasteiger partial charge in [-0.2, -0.15) is 0 Å². The first kappa shape index (κ1) is 19.4. The molecule has 3 aliphatic heterocycles. The number of nitrogens with one attached hydrogen (secondary N) is 1. The zero-order chi connectivity index (χ0) is 19.9. The number of benzene rings is 1. The summed E-state index contributed by atoms with van der Waals surface area (Å²) in [6.07, 6.45) is 4.11. The fourth-order valence-corrected chi connectivity index (χ4v) is 5.62. The van der Waals surface area contributed by atoms with Gasteiger partial charge in [0.25, 0.3) is 5.91 Å². The monoisotopic (exact) mass is 383 g/mol. The van der Waals surface area contributed by atoms with Gasteiger partial charge >= 0.3 is 0 Å². The van der Waals surface area contributed by atoms with Gasteiger partial charge in [-0.05, 0) is 45.2 Å². The molecule has 1 unspecified atom stereocenters. The quantitative estimate of drug-likeness (QED) is 0.870. The highest BCUT2D eigenvalue weighted by atomic mass is 16.2. The summed E-state index contributed by atoms with van der Waals surface area (Å²) in [6.45, 7) is 9.88. The number of fused-ring (bicyclic) bond motifs is 2. The molecule has 1 aromatic carbocycles. The van der Waals surface area contributed by atoms with Crippen LogP contribution in [-0.2, 0) is 4.79 Å². The van der Waals surface area contributed by atoms with E-state index >= 15 is 0 Å². The molecule has 5 heteroatoms. The molecule has 2 amide bonds. The van der Waals surface area contributed by atoms with E-state index < -0.39 is 0 Å². The summed E-state index contributed by atoms with van der Waals surface area (Å²) in [5.41, 5.74) is 1.76. The summed E-state index contributed by atoms with van der Waals surface area (Å²) in [7, 11) is 0. The Balaban J connectivity index is 1.43. The van der Waals surface area contributed by atoms with Gasteiger partial charge < -0.3 is 10.2 Å². The predicted molar refractivity (Wildman–Crippen MR) is 110 cm³/mol. The third-order valence-corrected chi connectivity index (χ3v) is 7.30. The van der Waals surface area contributed by atoms with E-state index in [-0.39, 0.29) is 23.3 Å². The molecule has 4 rings (SSSR count). The minimum Gasteiger partial charge on any atom is -0.350 e. The molecular weight excluding hydrogens is 350 g/mol. The average Bonchev–Trinajstić information content (AvgIpc) is 3.23. The van der Waals surface area contributed by atoms with Gasteiger partial charge in [-0.3, -0.25) is 14.5 Å². The number of rotatable bonds is 4. The van der Waals surface area contributed by atoms with Gasteiger partial charge in [-0.1, -0.05) is 31.0 Å². The molecule has 0 radical (unpaired) electrons.